The van der Waals surface area contributed by atoms with Gasteiger partial charge in [-0.1, -0.05) is 6.92 Å². The Morgan fingerprint density at radius 1 is 1.50 bits per heavy atom. The number of halogens is 1. The fourth-order valence-corrected chi connectivity index (χ4v) is 2.38. The van der Waals surface area contributed by atoms with E-state index in [1.54, 1.807) is 17.5 Å². The topological polar surface area (TPSA) is 45.1 Å². The Morgan fingerprint density at radius 2 is 2.33 bits per heavy atom. The van der Waals surface area contributed by atoms with E-state index in [9.17, 15) is 9.50 Å². The quantitative estimate of drug-likeness (QED) is 0.874. The fraction of sp³-hybridized carbons (Fsp3) is 0.308. The molecule has 0 bridgehead atoms. The minimum absolute atomic E-state index is 0.116. The number of nitrogens with one attached hydrogen (secondary N) is 1. The number of thiazole rings is 1. The third-order valence-electron chi connectivity index (χ3n) is 2.68. The normalized spacial score (nSPS) is 12.6. The third-order valence-corrected chi connectivity index (χ3v) is 3.69. The lowest BCUT2D eigenvalue weighted by molar-refractivity contribution is 0.460. The van der Waals surface area contributed by atoms with Gasteiger partial charge < -0.3 is 10.4 Å². The fourth-order valence-electron chi connectivity index (χ4n) is 1.68. The molecule has 0 fully saturated rings. The smallest absolute Gasteiger partial charge is 0.123 e. The van der Waals surface area contributed by atoms with E-state index in [2.05, 4.69) is 17.2 Å². The summed E-state index contributed by atoms with van der Waals surface area (Å²) in [6, 6.07) is 3.96. The van der Waals surface area contributed by atoms with Gasteiger partial charge in [0.1, 0.15) is 11.6 Å². The summed E-state index contributed by atoms with van der Waals surface area (Å²) < 4.78 is 13.0. The molecule has 2 aromatic rings. The van der Waals surface area contributed by atoms with Gasteiger partial charge in [0.2, 0.25) is 0 Å². The first-order valence-corrected chi connectivity index (χ1v) is 6.62. The van der Waals surface area contributed by atoms with Crippen molar-refractivity contribution in [3.05, 3.63) is 46.2 Å². The number of nitrogens with zero attached hydrogens (tertiary/aromatic N) is 1. The van der Waals surface area contributed by atoms with Crippen LogP contribution in [0.2, 0.25) is 0 Å². The lowest BCUT2D eigenvalue weighted by atomic mass is 10.1. The molecule has 96 valence electrons. The molecule has 1 aromatic carbocycles. The highest BCUT2D eigenvalue weighted by atomic mass is 32.1. The Labute approximate surface area is 109 Å². The van der Waals surface area contributed by atoms with Crippen LogP contribution >= 0.6 is 11.3 Å². The summed E-state index contributed by atoms with van der Waals surface area (Å²) in [5, 5.41) is 15.8. The average Bonchev–Trinajstić information content (AvgIpc) is 2.87. The summed E-state index contributed by atoms with van der Waals surface area (Å²) in [7, 11) is 0. The van der Waals surface area contributed by atoms with E-state index in [4.69, 9.17) is 0 Å². The van der Waals surface area contributed by atoms with Crippen LogP contribution in [0.15, 0.2) is 29.8 Å². The summed E-state index contributed by atoms with van der Waals surface area (Å²) in [6.07, 6.45) is 1.79. The SMILES string of the molecule is CC(CNCc1cc(F)ccc1O)c1nccs1. The lowest BCUT2D eigenvalue weighted by Crippen LogP contribution is -2.19. The van der Waals surface area contributed by atoms with Crippen molar-refractivity contribution in [1.29, 1.82) is 0 Å². The zero-order valence-electron chi connectivity index (χ0n) is 10.1. The number of hydrogen-bond acceptors (Lipinski definition) is 4. The van der Waals surface area contributed by atoms with Crippen LogP contribution in [-0.2, 0) is 6.54 Å². The van der Waals surface area contributed by atoms with Crippen LogP contribution in [0.5, 0.6) is 5.75 Å². The van der Waals surface area contributed by atoms with Gasteiger partial charge in [0.25, 0.3) is 0 Å². The summed E-state index contributed by atoms with van der Waals surface area (Å²) in [6.45, 7) is 3.26. The molecule has 2 N–H and O–H groups in total. The predicted octanol–water partition coefficient (Wildman–Crippen LogP) is 2.88. The summed E-state index contributed by atoms with van der Waals surface area (Å²) in [5.41, 5.74) is 0.571. The molecular formula is C13H15FN2OS. The molecular weight excluding hydrogens is 251 g/mol. The molecule has 0 aliphatic carbocycles. The maximum atomic E-state index is 13.0. The summed E-state index contributed by atoms with van der Waals surface area (Å²) in [4.78, 5) is 4.24. The van der Waals surface area contributed by atoms with Crippen molar-refractivity contribution in [3.63, 3.8) is 0 Å². The van der Waals surface area contributed by atoms with Crippen molar-refractivity contribution in [3.8, 4) is 5.75 Å². The van der Waals surface area contributed by atoms with E-state index in [0.717, 1.165) is 11.6 Å². The second-order valence-corrected chi connectivity index (χ2v) is 5.10. The highest BCUT2D eigenvalue weighted by Crippen LogP contribution is 2.19. The van der Waals surface area contributed by atoms with Crippen LogP contribution in [0.4, 0.5) is 4.39 Å². The zero-order valence-corrected chi connectivity index (χ0v) is 10.9. The molecule has 1 heterocycles. The molecule has 0 amide bonds. The van der Waals surface area contributed by atoms with Crippen LogP contribution in [0.3, 0.4) is 0 Å². The van der Waals surface area contributed by atoms with Crippen LogP contribution in [0.1, 0.15) is 23.4 Å². The van der Waals surface area contributed by atoms with Crippen molar-refractivity contribution < 1.29 is 9.50 Å². The number of phenolic OH excluding ortho intramolecular Hbond substituents is 1. The van der Waals surface area contributed by atoms with Crippen molar-refractivity contribution in [2.45, 2.75) is 19.4 Å². The first-order chi connectivity index (χ1) is 8.66. The van der Waals surface area contributed by atoms with Crippen molar-refractivity contribution >= 4 is 11.3 Å². The number of aromatic hydroxyl groups is 1. The highest BCUT2D eigenvalue weighted by molar-refractivity contribution is 7.09. The van der Waals surface area contributed by atoms with Crippen molar-refractivity contribution in [2.75, 3.05) is 6.54 Å². The number of hydrogen-bond donors (Lipinski definition) is 2. The maximum Gasteiger partial charge on any atom is 0.123 e. The molecule has 0 aliphatic rings. The van der Waals surface area contributed by atoms with Gasteiger partial charge in [-0.2, -0.15) is 0 Å². The molecule has 3 nitrogen and oxygen atoms in total. The molecule has 5 heteroatoms. The van der Waals surface area contributed by atoms with E-state index >= 15 is 0 Å². The largest absolute Gasteiger partial charge is 0.508 e. The van der Waals surface area contributed by atoms with E-state index < -0.39 is 0 Å². The summed E-state index contributed by atoms with van der Waals surface area (Å²) in [5.74, 6) is 0.0871. The number of rotatable bonds is 5. The van der Waals surface area contributed by atoms with E-state index in [0.29, 0.717) is 18.0 Å². The average molecular weight is 266 g/mol. The number of phenols is 1. The predicted molar refractivity (Wildman–Crippen MR) is 70.3 cm³/mol. The highest BCUT2D eigenvalue weighted by Gasteiger charge is 2.08. The molecule has 1 unspecified atom stereocenters. The van der Waals surface area contributed by atoms with Gasteiger partial charge in [-0.15, -0.1) is 11.3 Å². The second-order valence-electron chi connectivity index (χ2n) is 4.18. The first-order valence-electron chi connectivity index (χ1n) is 5.74. The Balaban J connectivity index is 1.87. The molecule has 0 saturated carbocycles. The van der Waals surface area contributed by atoms with Gasteiger partial charge in [0, 0.05) is 36.1 Å². The van der Waals surface area contributed by atoms with Gasteiger partial charge in [0.15, 0.2) is 0 Å². The van der Waals surface area contributed by atoms with Gasteiger partial charge in [-0.05, 0) is 18.2 Å². The molecule has 0 saturated heterocycles. The molecule has 0 spiro atoms. The van der Waals surface area contributed by atoms with Crippen LogP contribution in [0, 0.1) is 5.82 Å². The van der Waals surface area contributed by atoms with Crippen LogP contribution in [-0.4, -0.2) is 16.6 Å². The molecule has 18 heavy (non-hydrogen) atoms. The molecule has 1 atom stereocenters. The molecule has 0 radical (unpaired) electrons. The Bertz CT molecular complexity index is 502. The lowest BCUT2D eigenvalue weighted by Gasteiger charge is -2.11. The van der Waals surface area contributed by atoms with Gasteiger partial charge in [0.05, 0.1) is 5.01 Å². The third kappa shape index (κ3) is 3.27. The number of aromatic nitrogens is 1. The Kier molecular flexibility index (Phi) is 4.28. The van der Waals surface area contributed by atoms with E-state index in [1.165, 1.54) is 18.2 Å². The van der Waals surface area contributed by atoms with Crippen molar-refractivity contribution in [1.82, 2.24) is 10.3 Å². The number of benzene rings is 1. The van der Waals surface area contributed by atoms with Crippen LogP contribution < -0.4 is 5.32 Å². The summed E-state index contributed by atoms with van der Waals surface area (Å²) >= 11 is 1.62. The van der Waals surface area contributed by atoms with E-state index in [-0.39, 0.29) is 11.6 Å². The van der Waals surface area contributed by atoms with Crippen LogP contribution in [0.25, 0.3) is 0 Å². The Morgan fingerprint density at radius 3 is 3.06 bits per heavy atom. The Hall–Kier alpha value is -1.46. The first kappa shape index (κ1) is 13.0. The monoisotopic (exact) mass is 266 g/mol. The standard InChI is InChI=1S/C13H15FN2OS/c1-9(13-16-4-5-18-13)7-15-8-10-6-11(14)2-3-12(10)17/h2-6,9,15,17H,7-8H2,1H3. The zero-order chi connectivity index (χ0) is 13.0. The van der Waals surface area contributed by atoms with Gasteiger partial charge in [-0.3, -0.25) is 0 Å². The van der Waals surface area contributed by atoms with Gasteiger partial charge >= 0.3 is 0 Å². The maximum absolute atomic E-state index is 13.0. The van der Waals surface area contributed by atoms with Crippen molar-refractivity contribution in [2.24, 2.45) is 0 Å². The second kappa shape index (κ2) is 5.93. The minimum Gasteiger partial charge on any atom is -0.508 e. The van der Waals surface area contributed by atoms with Gasteiger partial charge in [-0.25, -0.2) is 9.37 Å². The van der Waals surface area contributed by atoms with E-state index in [1.807, 2.05) is 5.38 Å². The molecule has 2 rings (SSSR count). The molecule has 1 aromatic heterocycles. The minimum atomic E-state index is -0.336. The molecule has 0 aliphatic heterocycles.